The van der Waals surface area contributed by atoms with E-state index in [1.807, 2.05) is 0 Å². The van der Waals surface area contributed by atoms with Crippen molar-refractivity contribution in [2.45, 2.75) is 80.3 Å². The second-order valence-electron chi connectivity index (χ2n) is 8.53. The molecule has 2 heterocycles. The van der Waals surface area contributed by atoms with Gasteiger partial charge < -0.3 is 65.1 Å². The minimum atomic E-state index is -2.71. The molecule has 212 valence electrons. The van der Waals surface area contributed by atoms with E-state index < -0.39 is 98.5 Å². The van der Waals surface area contributed by atoms with Crippen molar-refractivity contribution in [2.75, 3.05) is 26.4 Å². The molecular weight excluding hydrogens is 508 g/mol. The van der Waals surface area contributed by atoms with E-state index in [-0.39, 0.29) is 13.2 Å². The van der Waals surface area contributed by atoms with Crippen molar-refractivity contribution in [1.82, 2.24) is 5.32 Å². The van der Waals surface area contributed by atoms with Gasteiger partial charge in [-0.3, -0.25) is 4.79 Å². The lowest BCUT2D eigenvalue weighted by Crippen LogP contribution is -2.68. The minimum Gasteiger partial charge on any atom is -0.477 e. The molecule has 18 heteroatoms. The number of hydrogen-bond acceptors (Lipinski definition) is 14. The van der Waals surface area contributed by atoms with E-state index in [0.717, 1.165) is 6.92 Å². The van der Waals surface area contributed by atoms with Crippen LogP contribution in [0.4, 0.5) is 0 Å². The van der Waals surface area contributed by atoms with Crippen LogP contribution in [0.25, 0.3) is 10.4 Å². The molecule has 0 spiro atoms. The highest BCUT2D eigenvalue weighted by molar-refractivity contribution is 5.76. The number of aliphatic hydroxyl groups is 7. The van der Waals surface area contributed by atoms with Crippen LogP contribution >= 0.6 is 0 Å². The van der Waals surface area contributed by atoms with E-state index in [1.54, 1.807) is 0 Å². The Morgan fingerprint density at radius 3 is 2.46 bits per heavy atom. The molecule has 0 bridgehead atoms. The van der Waals surface area contributed by atoms with Crippen molar-refractivity contribution >= 4 is 11.9 Å². The fraction of sp³-hybridized carbons (Fsp3) is 0.895. The summed E-state index contributed by atoms with van der Waals surface area (Å²) in [4.78, 5) is 26.3. The fourth-order valence-electron chi connectivity index (χ4n) is 3.94. The molecule has 9 N–H and O–H groups in total. The zero-order valence-electron chi connectivity index (χ0n) is 19.7. The molecule has 1 amide bonds. The molecule has 0 saturated carbocycles. The van der Waals surface area contributed by atoms with Crippen molar-refractivity contribution in [1.29, 1.82) is 0 Å². The van der Waals surface area contributed by atoms with Gasteiger partial charge in [-0.25, -0.2) is 4.79 Å². The lowest BCUT2D eigenvalue weighted by Gasteiger charge is -2.47. The highest BCUT2D eigenvalue weighted by Gasteiger charge is 2.56. The van der Waals surface area contributed by atoms with Crippen molar-refractivity contribution in [3.63, 3.8) is 0 Å². The SMILES string of the molecule is CC(=O)N[C@@H]1[C@@H](O)C[C@](OC[C@H]2O[C@@H](OCCN=[N+]=[N-])[C@H](O)[C@@H](O)[C@H]2O)(C(=O)O)O[C@H]1C(O)C(O)CO. The minimum absolute atomic E-state index is 0.143. The average molecular weight is 540 g/mol. The third-order valence-electron chi connectivity index (χ3n) is 5.87. The zero-order valence-corrected chi connectivity index (χ0v) is 19.7. The lowest BCUT2D eigenvalue weighted by atomic mass is 9.88. The Hall–Kier alpha value is -2.19. The summed E-state index contributed by atoms with van der Waals surface area (Å²) in [5.74, 6) is -5.18. The van der Waals surface area contributed by atoms with Crippen LogP contribution in [0.3, 0.4) is 0 Å². The van der Waals surface area contributed by atoms with Crippen molar-refractivity contribution in [3.05, 3.63) is 10.4 Å². The van der Waals surface area contributed by atoms with E-state index >= 15 is 0 Å². The van der Waals surface area contributed by atoms with Gasteiger partial charge in [-0.15, -0.1) is 0 Å². The molecule has 0 aromatic rings. The number of hydrogen-bond donors (Lipinski definition) is 9. The first-order valence-electron chi connectivity index (χ1n) is 11.2. The van der Waals surface area contributed by atoms with Gasteiger partial charge >= 0.3 is 5.97 Å². The molecule has 0 radical (unpaired) electrons. The van der Waals surface area contributed by atoms with Gasteiger partial charge in [0, 0.05) is 24.8 Å². The summed E-state index contributed by atoms with van der Waals surface area (Å²) in [6.45, 7) is -1.06. The molecule has 0 aromatic heterocycles. The average Bonchev–Trinajstić information content (AvgIpc) is 2.85. The van der Waals surface area contributed by atoms with Gasteiger partial charge in [0.1, 0.15) is 42.7 Å². The van der Waals surface area contributed by atoms with E-state index in [1.165, 1.54) is 0 Å². The third kappa shape index (κ3) is 7.44. The van der Waals surface area contributed by atoms with Crippen LogP contribution in [-0.4, -0.2) is 146 Å². The van der Waals surface area contributed by atoms with Gasteiger partial charge in [0.15, 0.2) is 6.29 Å². The molecule has 2 aliphatic heterocycles. The molecule has 2 fully saturated rings. The van der Waals surface area contributed by atoms with Gasteiger partial charge in [0.2, 0.25) is 5.91 Å². The fourth-order valence-corrected chi connectivity index (χ4v) is 3.94. The smallest absolute Gasteiger partial charge is 0.364 e. The molecule has 18 nitrogen and oxygen atoms in total. The number of carbonyl (C=O) groups is 2. The lowest BCUT2D eigenvalue weighted by molar-refractivity contribution is -0.338. The summed E-state index contributed by atoms with van der Waals surface area (Å²) in [5.41, 5.74) is 8.30. The first-order chi connectivity index (χ1) is 17.4. The zero-order chi connectivity index (χ0) is 27.9. The Morgan fingerprint density at radius 2 is 1.89 bits per heavy atom. The van der Waals surface area contributed by atoms with Crippen LogP contribution in [0.2, 0.25) is 0 Å². The van der Waals surface area contributed by atoms with Crippen LogP contribution in [0.15, 0.2) is 5.11 Å². The number of azide groups is 1. The van der Waals surface area contributed by atoms with Gasteiger partial charge in [-0.1, -0.05) is 5.11 Å². The predicted molar refractivity (Wildman–Crippen MR) is 115 cm³/mol. The first kappa shape index (κ1) is 31.0. The molecule has 2 saturated heterocycles. The number of rotatable bonds is 12. The standard InChI is InChI=1S/C19H32N4O14/c1-7(25)22-11-8(26)4-19(18(32)33,37-16(11)12(28)9(27)5-24)35-6-10-13(29)14(30)15(31)17(36-10)34-3-2-21-23-20/h8-17,24,26-31H,2-6H2,1H3,(H,22,25)(H,32,33)/t8-,9?,10+,11+,12?,13-,14-,15+,16+,17+,19+/m0/s1. The molecule has 0 aliphatic carbocycles. The van der Waals surface area contributed by atoms with Crippen LogP contribution in [0, 0.1) is 0 Å². The topological polar surface area (TPSA) is 294 Å². The Morgan fingerprint density at radius 1 is 1.22 bits per heavy atom. The van der Waals surface area contributed by atoms with Crippen LogP contribution in [0.1, 0.15) is 13.3 Å². The van der Waals surface area contributed by atoms with Gasteiger partial charge in [0.05, 0.1) is 32.0 Å². The molecule has 11 atom stereocenters. The number of aliphatic carboxylic acids is 1. The maximum Gasteiger partial charge on any atom is 0.364 e. The van der Waals surface area contributed by atoms with Crippen molar-refractivity contribution < 1.29 is 69.4 Å². The molecule has 37 heavy (non-hydrogen) atoms. The van der Waals surface area contributed by atoms with Crippen molar-refractivity contribution in [2.24, 2.45) is 5.11 Å². The van der Waals surface area contributed by atoms with Gasteiger partial charge in [0.25, 0.3) is 5.79 Å². The maximum absolute atomic E-state index is 12.2. The largest absolute Gasteiger partial charge is 0.477 e. The van der Waals surface area contributed by atoms with Crippen LogP contribution in [0.5, 0.6) is 0 Å². The Bertz CT molecular complexity index is 831. The quantitative estimate of drug-likeness (QED) is 0.0486. The molecule has 2 aliphatic rings. The third-order valence-corrected chi connectivity index (χ3v) is 5.87. The van der Waals surface area contributed by atoms with E-state index in [2.05, 4.69) is 15.3 Å². The molecule has 2 rings (SSSR count). The number of nitrogens with one attached hydrogen (secondary N) is 1. The Kier molecular flexibility index (Phi) is 11.4. The summed E-state index contributed by atoms with van der Waals surface area (Å²) in [6.07, 6.45) is -16.5. The van der Waals surface area contributed by atoms with Gasteiger partial charge in [-0.05, 0) is 5.53 Å². The summed E-state index contributed by atoms with van der Waals surface area (Å²) < 4.78 is 21.4. The number of ether oxygens (including phenoxy) is 4. The first-order valence-corrected chi connectivity index (χ1v) is 11.2. The summed E-state index contributed by atoms with van der Waals surface area (Å²) in [7, 11) is 0. The highest BCUT2D eigenvalue weighted by Crippen LogP contribution is 2.34. The normalized spacial score (nSPS) is 37.7. The van der Waals surface area contributed by atoms with E-state index in [4.69, 9.17) is 24.5 Å². The number of carboxylic acids is 1. The second kappa shape index (κ2) is 13.6. The predicted octanol–water partition coefficient (Wildman–Crippen LogP) is -4.71. The molecule has 0 aromatic carbocycles. The number of nitrogens with zero attached hydrogens (tertiary/aromatic N) is 3. The second-order valence-corrected chi connectivity index (χ2v) is 8.53. The molecular formula is C19H32N4O14. The monoisotopic (exact) mass is 540 g/mol. The maximum atomic E-state index is 12.2. The van der Waals surface area contributed by atoms with Crippen molar-refractivity contribution in [3.8, 4) is 0 Å². The summed E-state index contributed by atoms with van der Waals surface area (Å²) >= 11 is 0. The Balaban J connectivity index is 2.24. The highest BCUT2D eigenvalue weighted by atomic mass is 16.7. The van der Waals surface area contributed by atoms with E-state index in [9.17, 15) is 50.4 Å². The number of carbonyl (C=O) groups excluding carboxylic acids is 1. The van der Waals surface area contributed by atoms with Gasteiger partial charge in [-0.2, -0.15) is 0 Å². The van der Waals surface area contributed by atoms with E-state index in [0.29, 0.717) is 0 Å². The number of aliphatic hydroxyl groups excluding tert-OH is 7. The van der Waals surface area contributed by atoms with Crippen LogP contribution in [-0.2, 0) is 28.5 Å². The number of amides is 1. The van der Waals surface area contributed by atoms with Crippen LogP contribution < -0.4 is 5.32 Å². The molecule has 2 unspecified atom stereocenters. The summed E-state index contributed by atoms with van der Waals surface area (Å²) in [6, 6.07) is -1.41. The number of carboxylic acid groups (broad SMARTS) is 1. The summed E-state index contributed by atoms with van der Waals surface area (Å²) in [5, 5.41) is 86.0. The Labute approximate surface area is 209 Å².